The van der Waals surface area contributed by atoms with Gasteiger partial charge in [0.25, 0.3) is 0 Å². The van der Waals surface area contributed by atoms with Gasteiger partial charge in [0.1, 0.15) is 23.9 Å². The Kier molecular flexibility index (Phi) is 6.57. The molecule has 7 heteroatoms. The number of rotatable bonds is 9. The molecule has 0 fully saturated rings. The predicted octanol–water partition coefficient (Wildman–Crippen LogP) is 5.26. The molecule has 5 nitrogen and oxygen atoms in total. The lowest BCUT2D eigenvalue weighted by Gasteiger charge is -2.08. The molecule has 0 unspecified atom stereocenters. The monoisotopic (exact) mass is 439 g/mol. The van der Waals surface area contributed by atoms with Crippen molar-refractivity contribution in [3.8, 4) is 11.5 Å². The number of aromatic nitrogens is 2. The van der Waals surface area contributed by atoms with Gasteiger partial charge in [-0.3, -0.25) is 5.41 Å². The fourth-order valence-corrected chi connectivity index (χ4v) is 3.60. The zero-order valence-electron chi connectivity index (χ0n) is 16.9. The second-order valence-corrected chi connectivity index (χ2v) is 7.51. The SMILES string of the molecule is N=c1n(CCCOc2ccc(Cl)cc2)c2ccccc2n1CCOc1ccc(F)cc1. The lowest BCUT2D eigenvalue weighted by Crippen LogP contribution is -2.27. The molecule has 0 saturated carbocycles. The summed E-state index contributed by atoms with van der Waals surface area (Å²) in [6.07, 6.45) is 0.763. The van der Waals surface area contributed by atoms with Crippen LogP contribution in [0, 0.1) is 11.2 Å². The van der Waals surface area contributed by atoms with Gasteiger partial charge in [0.05, 0.1) is 24.2 Å². The van der Waals surface area contributed by atoms with E-state index in [4.69, 9.17) is 26.5 Å². The van der Waals surface area contributed by atoms with E-state index in [0.717, 1.165) is 23.2 Å². The van der Waals surface area contributed by atoms with Gasteiger partial charge in [-0.15, -0.1) is 0 Å². The minimum Gasteiger partial charge on any atom is -0.494 e. The molecular weight excluding hydrogens is 417 g/mol. The summed E-state index contributed by atoms with van der Waals surface area (Å²) in [5.41, 5.74) is 2.39. The Morgan fingerprint density at radius 3 is 1.94 bits per heavy atom. The van der Waals surface area contributed by atoms with Crippen LogP contribution >= 0.6 is 11.6 Å². The van der Waals surface area contributed by atoms with Crippen LogP contribution in [0.25, 0.3) is 11.0 Å². The van der Waals surface area contributed by atoms with Crippen molar-refractivity contribution >= 4 is 22.6 Å². The van der Waals surface area contributed by atoms with Crippen LogP contribution in [0.1, 0.15) is 6.42 Å². The van der Waals surface area contributed by atoms with E-state index in [-0.39, 0.29) is 5.82 Å². The molecule has 0 atom stereocenters. The van der Waals surface area contributed by atoms with Crippen molar-refractivity contribution in [3.05, 3.63) is 89.3 Å². The summed E-state index contributed by atoms with van der Waals surface area (Å²) in [5.74, 6) is 1.09. The van der Waals surface area contributed by atoms with Crippen LogP contribution in [-0.2, 0) is 13.1 Å². The van der Waals surface area contributed by atoms with Crippen molar-refractivity contribution in [1.82, 2.24) is 9.13 Å². The molecule has 0 saturated heterocycles. The Labute approximate surface area is 184 Å². The molecule has 31 heavy (non-hydrogen) atoms. The Hall–Kier alpha value is -3.25. The number of fused-ring (bicyclic) bond motifs is 1. The van der Waals surface area contributed by atoms with Gasteiger partial charge in [-0.05, 0) is 67.1 Å². The van der Waals surface area contributed by atoms with Crippen molar-refractivity contribution in [2.24, 2.45) is 0 Å². The number of nitrogens with zero attached hydrogens (tertiary/aromatic N) is 2. The third-order valence-electron chi connectivity index (χ3n) is 4.98. The van der Waals surface area contributed by atoms with Crippen LogP contribution in [0.4, 0.5) is 4.39 Å². The lowest BCUT2D eigenvalue weighted by molar-refractivity contribution is 0.292. The smallest absolute Gasteiger partial charge is 0.203 e. The molecule has 4 rings (SSSR count). The summed E-state index contributed by atoms with van der Waals surface area (Å²) in [7, 11) is 0. The van der Waals surface area contributed by atoms with Gasteiger partial charge in [0.2, 0.25) is 5.62 Å². The highest BCUT2D eigenvalue weighted by atomic mass is 35.5. The Morgan fingerprint density at radius 2 is 1.29 bits per heavy atom. The predicted molar refractivity (Wildman–Crippen MR) is 119 cm³/mol. The van der Waals surface area contributed by atoms with Crippen LogP contribution in [0.3, 0.4) is 0 Å². The van der Waals surface area contributed by atoms with Crippen molar-refractivity contribution in [3.63, 3.8) is 0 Å². The first-order valence-electron chi connectivity index (χ1n) is 10.1. The molecule has 0 amide bonds. The fourth-order valence-electron chi connectivity index (χ4n) is 3.48. The molecule has 3 aromatic carbocycles. The second kappa shape index (κ2) is 9.71. The first-order chi connectivity index (χ1) is 15.1. The summed E-state index contributed by atoms with van der Waals surface area (Å²) in [6, 6.07) is 21.2. The number of aryl methyl sites for hydroxylation is 1. The molecule has 0 aliphatic heterocycles. The molecule has 0 spiro atoms. The molecule has 0 aliphatic carbocycles. The second-order valence-electron chi connectivity index (χ2n) is 7.07. The Balaban J connectivity index is 1.41. The van der Waals surface area contributed by atoms with Gasteiger partial charge in [0.15, 0.2) is 0 Å². The number of benzene rings is 3. The number of para-hydroxylation sites is 2. The molecule has 1 N–H and O–H groups in total. The minimum atomic E-state index is -0.293. The number of halogens is 2. The van der Waals surface area contributed by atoms with E-state index in [1.165, 1.54) is 12.1 Å². The van der Waals surface area contributed by atoms with E-state index in [0.29, 0.717) is 42.7 Å². The van der Waals surface area contributed by atoms with Crippen LogP contribution in [-0.4, -0.2) is 22.3 Å². The van der Waals surface area contributed by atoms with Crippen molar-refractivity contribution in [2.45, 2.75) is 19.5 Å². The quantitative estimate of drug-likeness (QED) is 0.361. The van der Waals surface area contributed by atoms with Crippen molar-refractivity contribution < 1.29 is 13.9 Å². The maximum Gasteiger partial charge on any atom is 0.203 e. The summed E-state index contributed by atoms with van der Waals surface area (Å²) in [4.78, 5) is 0. The van der Waals surface area contributed by atoms with Gasteiger partial charge in [-0.25, -0.2) is 4.39 Å². The van der Waals surface area contributed by atoms with Gasteiger partial charge < -0.3 is 18.6 Å². The maximum atomic E-state index is 13.0. The fraction of sp³-hybridized carbons (Fsp3) is 0.208. The molecule has 1 heterocycles. The van der Waals surface area contributed by atoms with Gasteiger partial charge >= 0.3 is 0 Å². The van der Waals surface area contributed by atoms with E-state index in [1.54, 1.807) is 24.3 Å². The highest BCUT2D eigenvalue weighted by Gasteiger charge is 2.10. The first-order valence-corrected chi connectivity index (χ1v) is 10.5. The topological polar surface area (TPSA) is 52.2 Å². The minimum absolute atomic E-state index is 0.293. The van der Waals surface area contributed by atoms with E-state index >= 15 is 0 Å². The van der Waals surface area contributed by atoms with Gasteiger partial charge in [-0.1, -0.05) is 23.7 Å². The van der Waals surface area contributed by atoms with Crippen LogP contribution in [0.2, 0.25) is 5.02 Å². The van der Waals surface area contributed by atoms with E-state index < -0.39 is 0 Å². The zero-order valence-corrected chi connectivity index (χ0v) is 17.7. The van der Waals surface area contributed by atoms with E-state index in [1.807, 2.05) is 45.5 Å². The molecule has 4 aromatic rings. The number of nitrogens with one attached hydrogen (secondary N) is 1. The molecule has 0 bridgehead atoms. The molecule has 1 aromatic heterocycles. The standard InChI is InChI=1S/C24H23ClFN3O2/c25-18-6-10-20(11-7-18)30-16-3-14-28-22-4-1-2-5-23(22)29(24(28)27)15-17-31-21-12-8-19(26)9-13-21/h1-2,4-13,27H,3,14-17H2. The highest BCUT2D eigenvalue weighted by Crippen LogP contribution is 2.17. The van der Waals surface area contributed by atoms with E-state index in [9.17, 15) is 4.39 Å². The van der Waals surface area contributed by atoms with Crippen molar-refractivity contribution in [2.75, 3.05) is 13.2 Å². The van der Waals surface area contributed by atoms with Crippen LogP contribution < -0.4 is 15.1 Å². The highest BCUT2D eigenvalue weighted by molar-refractivity contribution is 6.30. The van der Waals surface area contributed by atoms with Crippen LogP contribution in [0.5, 0.6) is 11.5 Å². The van der Waals surface area contributed by atoms with Crippen LogP contribution in [0.15, 0.2) is 72.8 Å². The third-order valence-corrected chi connectivity index (χ3v) is 5.23. The van der Waals surface area contributed by atoms with Gasteiger partial charge in [-0.2, -0.15) is 0 Å². The Morgan fingerprint density at radius 1 is 0.742 bits per heavy atom. The zero-order chi connectivity index (χ0) is 21.6. The van der Waals surface area contributed by atoms with Gasteiger partial charge in [0, 0.05) is 11.6 Å². The lowest BCUT2D eigenvalue weighted by atomic mass is 10.3. The average Bonchev–Trinajstić information content (AvgIpc) is 3.05. The average molecular weight is 440 g/mol. The number of ether oxygens (including phenoxy) is 2. The molecular formula is C24H23ClFN3O2. The normalized spacial score (nSPS) is 11.0. The molecule has 160 valence electrons. The largest absolute Gasteiger partial charge is 0.494 e. The molecule has 0 radical (unpaired) electrons. The first kappa shape index (κ1) is 21.0. The van der Waals surface area contributed by atoms with Crippen molar-refractivity contribution in [1.29, 1.82) is 5.41 Å². The maximum absolute atomic E-state index is 13.0. The summed E-state index contributed by atoms with van der Waals surface area (Å²) >= 11 is 5.90. The summed E-state index contributed by atoms with van der Waals surface area (Å²) in [6.45, 7) is 2.11. The number of hydrogen-bond donors (Lipinski definition) is 1. The summed E-state index contributed by atoms with van der Waals surface area (Å²) < 4.78 is 28.5. The summed E-state index contributed by atoms with van der Waals surface area (Å²) in [5, 5.41) is 9.35. The number of imidazole rings is 1. The third kappa shape index (κ3) is 5.09. The molecule has 0 aliphatic rings. The van der Waals surface area contributed by atoms with E-state index in [2.05, 4.69) is 0 Å². The number of hydrogen-bond acceptors (Lipinski definition) is 3. The Bertz CT molecular complexity index is 1200.